The first-order valence-electron chi connectivity index (χ1n) is 6.79. The summed E-state index contributed by atoms with van der Waals surface area (Å²) >= 11 is 5.49. The molecular weight excluding hydrogens is 330 g/mol. The van der Waals surface area contributed by atoms with Crippen molar-refractivity contribution in [1.82, 2.24) is 0 Å². The highest BCUT2D eigenvalue weighted by atomic mass is 35.5. The molecule has 0 aliphatic heterocycles. The predicted octanol–water partition coefficient (Wildman–Crippen LogP) is 2.31. The van der Waals surface area contributed by atoms with Crippen molar-refractivity contribution in [3.8, 4) is 0 Å². The number of hydrogen-bond donors (Lipinski definition) is 1. The van der Waals surface area contributed by atoms with Gasteiger partial charge in [0, 0.05) is 18.2 Å². The van der Waals surface area contributed by atoms with Gasteiger partial charge in [0.2, 0.25) is 10.0 Å². The maximum Gasteiger partial charge on any atom is 0.339 e. The van der Waals surface area contributed by atoms with Crippen LogP contribution in [0.4, 0.5) is 5.69 Å². The van der Waals surface area contributed by atoms with E-state index in [1.807, 2.05) is 0 Å². The van der Waals surface area contributed by atoms with Gasteiger partial charge in [0.25, 0.3) is 0 Å². The van der Waals surface area contributed by atoms with E-state index in [9.17, 15) is 13.2 Å². The molecule has 0 heterocycles. The van der Waals surface area contributed by atoms with Crippen LogP contribution in [0.2, 0.25) is 0 Å². The summed E-state index contributed by atoms with van der Waals surface area (Å²) < 4.78 is 36.0. The highest BCUT2D eigenvalue weighted by Gasteiger charge is 2.21. The van der Waals surface area contributed by atoms with Crippen molar-refractivity contribution in [2.24, 2.45) is 0 Å². The lowest BCUT2D eigenvalue weighted by molar-refractivity contribution is -0.154. The molecule has 0 amide bonds. The third-order valence-electron chi connectivity index (χ3n) is 2.78. The first kappa shape index (κ1) is 18.7. The van der Waals surface area contributed by atoms with Crippen LogP contribution in [-0.4, -0.2) is 39.7 Å². The topological polar surface area (TPSA) is 81.7 Å². The molecule has 0 radical (unpaired) electrons. The second kappa shape index (κ2) is 8.97. The fraction of sp³-hybridized carbons (Fsp3) is 0.500. The number of sulfonamides is 1. The molecule has 0 aliphatic carbocycles. The number of carbonyl (C=O) groups excluding carboxylic acids is 1. The van der Waals surface area contributed by atoms with Gasteiger partial charge in [-0.25, -0.2) is 13.2 Å². The van der Waals surface area contributed by atoms with E-state index < -0.39 is 22.1 Å². The van der Waals surface area contributed by atoms with Gasteiger partial charge in [-0.05, 0) is 31.0 Å². The summed E-state index contributed by atoms with van der Waals surface area (Å²) in [6.07, 6.45) is -0.444. The van der Waals surface area contributed by atoms with Gasteiger partial charge in [-0.15, -0.1) is 11.6 Å². The van der Waals surface area contributed by atoms with Crippen LogP contribution in [0.5, 0.6) is 0 Å². The highest BCUT2D eigenvalue weighted by Crippen LogP contribution is 2.21. The van der Waals surface area contributed by atoms with E-state index in [-0.39, 0.29) is 11.6 Å². The number of hydrogen-bond acceptors (Lipinski definition) is 5. The molecular formula is C14H20ClNO5S. The van der Waals surface area contributed by atoms with E-state index in [4.69, 9.17) is 16.3 Å². The van der Waals surface area contributed by atoms with Crippen LogP contribution < -0.4 is 4.72 Å². The fourth-order valence-corrected chi connectivity index (χ4v) is 3.19. The van der Waals surface area contributed by atoms with Gasteiger partial charge in [-0.3, -0.25) is 4.72 Å². The average Bonchev–Trinajstić information content (AvgIpc) is 2.50. The quantitative estimate of drug-likeness (QED) is 0.546. The van der Waals surface area contributed by atoms with Gasteiger partial charge < -0.3 is 9.47 Å². The molecule has 1 N–H and O–H groups in total. The molecule has 1 aromatic carbocycles. The molecule has 22 heavy (non-hydrogen) atoms. The summed E-state index contributed by atoms with van der Waals surface area (Å²) in [5.41, 5.74) is 1.01. The van der Waals surface area contributed by atoms with Gasteiger partial charge in [-0.2, -0.15) is 0 Å². The predicted molar refractivity (Wildman–Crippen MR) is 85.6 cm³/mol. The molecule has 0 bridgehead atoms. The van der Waals surface area contributed by atoms with Crippen molar-refractivity contribution in [2.45, 2.75) is 19.4 Å². The summed E-state index contributed by atoms with van der Waals surface area (Å²) in [5.74, 6) is -0.255. The zero-order chi connectivity index (χ0) is 16.6. The van der Waals surface area contributed by atoms with Crippen LogP contribution in [0.1, 0.15) is 25.0 Å². The molecule has 0 aromatic heterocycles. The molecule has 124 valence electrons. The van der Waals surface area contributed by atoms with Gasteiger partial charge >= 0.3 is 5.97 Å². The summed E-state index contributed by atoms with van der Waals surface area (Å²) in [6.45, 7) is 2.13. The molecule has 0 saturated heterocycles. The van der Waals surface area contributed by atoms with E-state index in [2.05, 4.69) is 9.46 Å². The molecule has 0 saturated carbocycles. The first-order chi connectivity index (χ1) is 10.4. The number of methoxy groups -OCH3 is 1. The number of carbonyl (C=O) groups is 1. The van der Waals surface area contributed by atoms with Crippen LogP contribution in [-0.2, 0) is 24.3 Å². The van der Waals surface area contributed by atoms with Crippen LogP contribution >= 0.6 is 11.6 Å². The Morgan fingerprint density at radius 3 is 2.45 bits per heavy atom. The number of benzene rings is 1. The normalized spacial score (nSPS) is 12.7. The Morgan fingerprint density at radius 2 is 1.95 bits per heavy atom. The lowest BCUT2D eigenvalue weighted by Gasteiger charge is -2.15. The summed E-state index contributed by atoms with van der Waals surface area (Å²) in [6, 6.07) is 6.39. The number of anilines is 1. The van der Waals surface area contributed by atoms with Gasteiger partial charge in [0.1, 0.15) is 0 Å². The average molecular weight is 350 g/mol. The fourth-order valence-electron chi connectivity index (χ4n) is 1.78. The zero-order valence-electron chi connectivity index (χ0n) is 12.5. The number of rotatable bonds is 9. The summed E-state index contributed by atoms with van der Waals surface area (Å²) in [5, 5.41) is 0. The number of halogens is 1. The molecule has 0 fully saturated rings. The van der Waals surface area contributed by atoms with Crippen molar-refractivity contribution in [1.29, 1.82) is 0 Å². The van der Waals surface area contributed by atoms with Crippen LogP contribution in [0.3, 0.4) is 0 Å². The Morgan fingerprint density at radius 1 is 1.32 bits per heavy atom. The van der Waals surface area contributed by atoms with Gasteiger partial charge in [0.15, 0.2) is 6.10 Å². The second-order valence-corrected chi connectivity index (χ2v) is 6.66. The molecule has 1 unspecified atom stereocenters. The van der Waals surface area contributed by atoms with Crippen molar-refractivity contribution in [3.05, 3.63) is 29.8 Å². The summed E-state index contributed by atoms with van der Waals surface area (Å²) in [4.78, 5) is 11.7. The van der Waals surface area contributed by atoms with E-state index in [0.717, 1.165) is 0 Å². The molecule has 0 spiro atoms. The molecule has 8 heteroatoms. The Hall–Kier alpha value is -1.31. The monoisotopic (exact) mass is 349 g/mol. The van der Waals surface area contributed by atoms with Gasteiger partial charge in [0.05, 0.1) is 12.9 Å². The molecule has 0 aliphatic rings. The van der Waals surface area contributed by atoms with Crippen LogP contribution in [0.25, 0.3) is 0 Å². The molecule has 6 nitrogen and oxygen atoms in total. The minimum atomic E-state index is -3.42. The number of ether oxygens (including phenoxy) is 2. The minimum Gasteiger partial charge on any atom is -0.467 e. The maximum atomic E-state index is 11.8. The standard InChI is InChI=1S/C14H20ClNO5S/c1-3-21-13(14(17)20-2)11-5-7-12(8-6-11)16-22(18,19)10-4-9-15/h5-8,13,16H,3-4,9-10H2,1-2H3. The molecule has 1 rings (SSSR count). The Kier molecular flexibility index (Phi) is 7.64. The van der Waals surface area contributed by atoms with E-state index in [1.165, 1.54) is 7.11 Å². The Balaban J connectivity index is 2.83. The number of nitrogens with one attached hydrogen (secondary N) is 1. The maximum absolute atomic E-state index is 11.8. The smallest absolute Gasteiger partial charge is 0.339 e. The van der Waals surface area contributed by atoms with Crippen molar-refractivity contribution in [2.75, 3.05) is 30.1 Å². The first-order valence-corrected chi connectivity index (χ1v) is 8.98. The second-order valence-electron chi connectivity index (χ2n) is 4.44. The lowest BCUT2D eigenvalue weighted by atomic mass is 10.1. The van der Waals surface area contributed by atoms with Crippen molar-refractivity contribution >= 4 is 33.3 Å². The van der Waals surface area contributed by atoms with Crippen LogP contribution in [0, 0.1) is 0 Å². The molecule has 1 atom stereocenters. The third-order valence-corrected chi connectivity index (χ3v) is 4.42. The Labute approximate surface area is 135 Å². The Bertz CT molecular complexity index is 573. The summed E-state index contributed by atoms with van der Waals surface area (Å²) in [7, 11) is -2.13. The van der Waals surface area contributed by atoms with Crippen LogP contribution in [0.15, 0.2) is 24.3 Å². The third kappa shape index (κ3) is 5.82. The SMILES string of the molecule is CCOC(C(=O)OC)c1ccc(NS(=O)(=O)CCCCl)cc1. The van der Waals surface area contributed by atoms with Crippen molar-refractivity contribution < 1.29 is 22.7 Å². The van der Waals surface area contributed by atoms with E-state index in [1.54, 1.807) is 31.2 Å². The zero-order valence-corrected chi connectivity index (χ0v) is 14.1. The van der Waals surface area contributed by atoms with Gasteiger partial charge in [-0.1, -0.05) is 12.1 Å². The van der Waals surface area contributed by atoms with E-state index >= 15 is 0 Å². The van der Waals surface area contributed by atoms with E-state index in [0.29, 0.717) is 24.3 Å². The van der Waals surface area contributed by atoms with Crippen molar-refractivity contribution in [3.63, 3.8) is 0 Å². The molecule has 1 aromatic rings. The lowest BCUT2D eigenvalue weighted by Crippen LogP contribution is -2.18. The minimum absolute atomic E-state index is 0.0397. The number of esters is 1. The highest BCUT2D eigenvalue weighted by molar-refractivity contribution is 7.92. The number of alkyl halides is 1. The largest absolute Gasteiger partial charge is 0.467 e.